The maximum atomic E-state index is 14.2. The van der Waals surface area contributed by atoms with Crippen molar-refractivity contribution < 1.29 is 53.8 Å². The highest BCUT2D eigenvalue weighted by Crippen LogP contribution is 2.40. The Labute approximate surface area is 333 Å². The maximum Gasteiger partial charge on any atom is 0.296 e. The molecule has 1 saturated carbocycles. The number of amides is 1. The highest BCUT2D eigenvalue weighted by molar-refractivity contribution is 6.38. The molecular weight excluding hydrogens is 718 g/mol. The Bertz CT molecular complexity index is 1430. The van der Waals surface area contributed by atoms with Crippen LogP contribution in [0.25, 0.3) is 0 Å². The fourth-order valence-corrected chi connectivity index (χ4v) is 9.63. The van der Waals surface area contributed by atoms with Crippen molar-refractivity contribution in [3.8, 4) is 0 Å². The highest BCUT2D eigenvalue weighted by atomic mass is 16.7. The number of allylic oxidation sites excluding steroid dienone is 4. The zero-order chi connectivity index (χ0) is 41.3. The van der Waals surface area contributed by atoms with Gasteiger partial charge in [0.15, 0.2) is 0 Å². The van der Waals surface area contributed by atoms with Crippen molar-refractivity contribution in [3.63, 3.8) is 0 Å². The number of ketones is 2. The maximum absolute atomic E-state index is 14.2. The Morgan fingerprint density at radius 2 is 1.79 bits per heavy atom. The van der Waals surface area contributed by atoms with Crippen molar-refractivity contribution in [2.45, 2.75) is 148 Å². The predicted molar refractivity (Wildman–Crippen MR) is 211 cm³/mol. The summed E-state index contributed by atoms with van der Waals surface area (Å²) in [6, 6.07) is -0.516. The Morgan fingerprint density at radius 1 is 1.05 bits per heavy atom. The van der Waals surface area contributed by atoms with E-state index in [4.69, 9.17) is 14.2 Å². The minimum Gasteiger partial charge on any atom is -0.396 e. The van der Waals surface area contributed by atoms with E-state index in [9.17, 15) is 39.6 Å². The molecule has 14 atom stereocenters. The number of carbonyl (C=O) groups excluding carboxylic acids is 4. The van der Waals surface area contributed by atoms with Crippen LogP contribution in [-0.4, -0.2) is 118 Å². The minimum atomic E-state index is -2.47. The lowest BCUT2D eigenvalue weighted by Crippen LogP contribution is -2.63. The number of hydrogen-bond acceptors (Lipinski definition) is 11. The van der Waals surface area contributed by atoms with Gasteiger partial charge in [0, 0.05) is 56.3 Å². The molecule has 2 bridgehead atoms. The number of fused-ring (bicyclic) bond motifs is 3. The molecule has 0 radical (unpaired) electrons. The van der Waals surface area contributed by atoms with Gasteiger partial charge in [0.2, 0.25) is 5.79 Å². The van der Waals surface area contributed by atoms with Crippen molar-refractivity contribution in [1.29, 1.82) is 0 Å². The SMILES string of the molecule is C=CC[C@@H]1/C=C(\C)C[C@H](C)C[C@H](OC)[C@H]2O[C@@](O)(C(=O)C(=O)N3CCCC[C@H]3CO[C@H](/C(C)=C/[C@@H]3CC[C@@H](O)[C@H](CO)C3)[C@H](C)[C@@H](O)CC1=O)[C@H](C)C[C@@H]2C=O. The molecule has 0 aromatic carbocycles. The summed E-state index contributed by atoms with van der Waals surface area (Å²) < 4.78 is 18.7. The quantitative estimate of drug-likeness (QED) is 0.162. The van der Waals surface area contributed by atoms with Crippen LogP contribution >= 0.6 is 0 Å². The predicted octanol–water partition coefficient (Wildman–Crippen LogP) is 4.51. The molecular formula is C44H69NO11. The lowest BCUT2D eigenvalue weighted by atomic mass is 9.78. The van der Waals surface area contributed by atoms with Gasteiger partial charge in [-0.15, -0.1) is 6.58 Å². The Balaban J connectivity index is 1.74. The van der Waals surface area contributed by atoms with Crippen molar-refractivity contribution in [3.05, 3.63) is 36.0 Å². The van der Waals surface area contributed by atoms with E-state index in [-0.39, 0.29) is 56.1 Å². The van der Waals surface area contributed by atoms with E-state index in [1.165, 1.54) is 12.0 Å². The number of piperidine rings is 1. The first-order valence-corrected chi connectivity index (χ1v) is 20.9. The van der Waals surface area contributed by atoms with Crippen molar-refractivity contribution in [2.75, 3.05) is 26.9 Å². The zero-order valence-corrected chi connectivity index (χ0v) is 34.5. The van der Waals surface area contributed by atoms with Gasteiger partial charge in [0.25, 0.3) is 11.7 Å². The number of aldehydes is 1. The van der Waals surface area contributed by atoms with Gasteiger partial charge in [-0.3, -0.25) is 14.4 Å². The van der Waals surface area contributed by atoms with Gasteiger partial charge in [-0.05, 0) is 95.5 Å². The number of aliphatic hydroxyl groups excluding tert-OH is 3. The number of aliphatic hydroxyl groups is 4. The van der Waals surface area contributed by atoms with Crippen LogP contribution in [-0.2, 0) is 33.4 Å². The average Bonchev–Trinajstić information content (AvgIpc) is 3.17. The molecule has 56 heavy (non-hydrogen) atoms. The Kier molecular flexibility index (Phi) is 17.2. The second kappa shape index (κ2) is 20.9. The number of ether oxygens (including phenoxy) is 3. The molecule has 1 aliphatic carbocycles. The molecule has 12 heteroatoms. The number of rotatable bonds is 7. The van der Waals surface area contributed by atoms with Crippen molar-refractivity contribution in [2.24, 2.45) is 41.4 Å². The Hall–Kier alpha value is -2.58. The van der Waals surface area contributed by atoms with E-state index in [2.05, 4.69) is 12.7 Å². The molecule has 0 aromatic rings. The summed E-state index contributed by atoms with van der Waals surface area (Å²) in [6.45, 7) is 13.4. The van der Waals surface area contributed by atoms with Gasteiger partial charge in [-0.1, -0.05) is 44.6 Å². The second-order valence-electron chi connectivity index (χ2n) is 17.5. The number of carbonyl (C=O) groups is 4. The number of methoxy groups -OCH3 is 1. The summed E-state index contributed by atoms with van der Waals surface area (Å²) >= 11 is 0. The van der Waals surface area contributed by atoms with Crippen LogP contribution in [0.4, 0.5) is 0 Å². The lowest BCUT2D eigenvalue weighted by Gasteiger charge is -2.46. The smallest absolute Gasteiger partial charge is 0.296 e. The molecule has 1 amide bonds. The monoisotopic (exact) mass is 787 g/mol. The molecule has 0 aromatic heterocycles. The fraction of sp³-hybridized carbons (Fsp3) is 0.773. The average molecular weight is 788 g/mol. The van der Waals surface area contributed by atoms with Crippen LogP contribution in [0.2, 0.25) is 0 Å². The van der Waals surface area contributed by atoms with Gasteiger partial charge in [-0.2, -0.15) is 0 Å². The first-order chi connectivity index (χ1) is 26.6. The first-order valence-electron chi connectivity index (χ1n) is 20.9. The van der Waals surface area contributed by atoms with Crippen LogP contribution in [0.3, 0.4) is 0 Å². The molecule has 4 rings (SSSR count). The Morgan fingerprint density at radius 3 is 2.45 bits per heavy atom. The van der Waals surface area contributed by atoms with E-state index in [1.54, 1.807) is 13.0 Å². The van der Waals surface area contributed by atoms with E-state index >= 15 is 0 Å². The normalized spacial score (nSPS) is 41.5. The minimum absolute atomic E-state index is 0.0158. The number of nitrogens with zero attached hydrogens (tertiary/aromatic N) is 1. The molecule has 4 N–H and O–H groups in total. The number of Topliss-reactive ketones (excluding diaryl/α,β-unsaturated/α-hetero) is 2. The third-order valence-electron chi connectivity index (χ3n) is 13.0. The van der Waals surface area contributed by atoms with Crippen LogP contribution in [0, 0.1) is 41.4 Å². The molecule has 0 spiro atoms. The molecule has 2 saturated heterocycles. The van der Waals surface area contributed by atoms with Crippen LogP contribution in [0.1, 0.15) is 105 Å². The summed E-state index contributed by atoms with van der Waals surface area (Å²) in [5.41, 5.74) is 1.79. The summed E-state index contributed by atoms with van der Waals surface area (Å²) in [4.78, 5) is 56.1. The van der Waals surface area contributed by atoms with Crippen molar-refractivity contribution >= 4 is 23.8 Å². The molecule has 3 heterocycles. The molecule has 4 aliphatic rings. The van der Waals surface area contributed by atoms with E-state index < -0.39 is 77.7 Å². The van der Waals surface area contributed by atoms with Gasteiger partial charge < -0.3 is 44.3 Å². The summed E-state index contributed by atoms with van der Waals surface area (Å²) in [5.74, 6) is -7.32. The molecule has 12 nitrogen and oxygen atoms in total. The second-order valence-corrected chi connectivity index (χ2v) is 17.5. The van der Waals surface area contributed by atoms with E-state index in [0.717, 1.165) is 30.3 Å². The molecule has 3 aliphatic heterocycles. The fourth-order valence-electron chi connectivity index (χ4n) is 9.63. The van der Waals surface area contributed by atoms with E-state index in [1.807, 2.05) is 33.8 Å². The van der Waals surface area contributed by atoms with Gasteiger partial charge >= 0.3 is 0 Å². The summed E-state index contributed by atoms with van der Waals surface area (Å²) in [7, 11) is 1.50. The zero-order valence-electron chi connectivity index (χ0n) is 34.5. The molecule has 0 unspecified atom stereocenters. The van der Waals surface area contributed by atoms with Gasteiger partial charge in [0.05, 0.1) is 43.2 Å². The van der Waals surface area contributed by atoms with Gasteiger partial charge in [0.1, 0.15) is 12.1 Å². The van der Waals surface area contributed by atoms with Crippen LogP contribution < -0.4 is 0 Å². The molecule has 3 fully saturated rings. The molecule has 316 valence electrons. The van der Waals surface area contributed by atoms with Gasteiger partial charge in [-0.25, -0.2) is 0 Å². The lowest BCUT2D eigenvalue weighted by molar-refractivity contribution is -0.287. The largest absolute Gasteiger partial charge is 0.396 e. The third-order valence-corrected chi connectivity index (χ3v) is 13.0. The van der Waals surface area contributed by atoms with Crippen LogP contribution in [0.15, 0.2) is 36.0 Å². The highest BCUT2D eigenvalue weighted by Gasteiger charge is 2.56. The summed E-state index contributed by atoms with van der Waals surface area (Å²) in [5, 5.41) is 43.9. The first kappa shape index (κ1) is 46.1. The summed E-state index contributed by atoms with van der Waals surface area (Å²) in [6.07, 6.45) is 7.84. The standard InChI is InChI=1S/C44H69NO11/c1-8-11-32-17-26(2)16-27(3)18-39(54-7)41-34(24-47)20-29(5)44(53,56-41)42(51)43(52)45-15-10-9-12-35(45)25-55-40(30(6)37(49)22-38(32)50)28(4)19-31-13-14-36(48)33(21-31)23-46/h8,17,19,24,27,29-37,39-41,46,48-49,53H,1,9-16,18,20-23,25H2,2-7H3/b26-17+,28-19+/t27-,29+,30+,31-,32+,33-,34+,35-,36+,37-,39-,40+,41-,44+/m0/s1. The topological polar surface area (TPSA) is 180 Å². The van der Waals surface area contributed by atoms with E-state index in [0.29, 0.717) is 44.9 Å². The number of hydrogen-bond donors (Lipinski definition) is 4. The van der Waals surface area contributed by atoms with Crippen LogP contribution in [0.5, 0.6) is 0 Å². The third kappa shape index (κ3) is 11.1. The van der Waals surface area contributed by atoms with Crippen molar-refractivity contribution in [1.82, 2.24) is 4.90 Å².